The molecule has 108 valence electrons. The van der Waals surface area contributed by atoms with Gasteiger partial charge in [-0.25, -0.2) is 13.1 Å². The molecule has 0 atom stereocenters. The molecule has 0 aliphatic carbocycles. The Morgan fingerprint density at radius 3 is 2.37 bits per heavy atom. The van der Waals surface area contributed by atoms with Crippen molar-refractivity contribution in [3.63, 3.8) is 0 Å². The van der Waals surface area contributed by atoms with E-state index in [9.17, 15) is 8.42 Å². The fraction of sp³-hybridized carbons (Fsp3) is 0.571. The molecule has 1 rings (SSSR count). The quantitative estimate of drug-likeness (QED) is 0.719. The van der Waals surface area contributed by atoms with Crippen LogP contribution in [-0.4, -0.2) is 26.7 Å². The first-order valence-electron chi connectivity index (χ1n) is 6.65. The molecule has 5 heteroatoms. The first-order chi connectivity index (χ1) is 8.97. The van der Waals surface area contributed by atoms with E-state index in [4.69, 9.17) is 5.11 Å². The number of nitrogens with one attached hydrogen (secondary N) is 1. The minimum absolute atomic E-state index is 0.203. The molecule has 0 saturated heterocycles. The van der Waals surface area contributed by atoms with Crippen LogP contribution in [0.15, 0.2) is 23.1 Å². The Balaban J connectivity index is 2.49. The maximum Gasteiger partial charge on any atom is 0.240 e. The van der Waals surface area contributed by atoms with Crippen LogP contribution in [0.3, 0.4) is 0 Å². The zero-order valence-corrected chi connectivity index (χ0v) is 12.5. The number of sulfonamides is 1. The van der Waals surface area contributed by atoms with E-state index in [2.05, 4.69) is 4.72 Å². The molecule has 19 heavy (non-hydrogen) atoms. The second-order valence-corrected chi connectivity index (χ2v) is 6.55. The molecule has 0 heterocycles. The van der Waals surface area contributed by atoms with Gasteiger partial charge in [0.05, 0.1) is 4.90 Å². The molecule has 0 unspecified atom stereocenters. The zero-order valence-electron chi connectivity index (χ0n) is 11.6. The summed E-state index contributed by atoms with van der Waals surface area (Å²) in [5, 5.41) is 8.64. The van der Waals surface area contributed by atoms with Crippen molar-refractivity contribution in [2.24, 2.45) is 0 Å². The molecule has 4 nitrogen and oxygen atoms in total. The van der Waals surface area contributed by atoms with Gasteiger partial charge in [-0.3, -0.25) is 0 Å². The molecule has 0 spiro atoms. The Kier molecular flexibility index (Phi) is 6.48. The summed E-state index contributed by atoms with van der Waals surface area (Å²) < 4.78 is 26.7. The van der Waals surface area contributed by atoms with Crippen LogP contribution in [0, 0.1) is 13.8 Å². The van der Waals surface area contributed by atoms with Gasteiger partial charge >= 0.3 is 0 Å². The van der Waals surface area contributed by atoms with Crippen molar-refractivity contribution in [3.8, 4) is 0 Å². The summed E-state index contributed by atoms with van der Waals surface area (Å²) in [4.78, 5) is 0.325. The van der Waals surface area contributed by atoms with Crippen molar-refractivity contribution in [1.82, 2.24) is 4.72 Å². The van der Waals surface area contributed by atoms with Gasteiger partial charge in [0, 0.05) is 13.2 Å². The van der Waals surface area contributed by atoms with Gasteiger partial charge in [-0.2, -0.15) is 0 Å². The van der Waals surface area contributed by atoms with Crippen LogP contribution in [0.1, 0.15) is 36.8 Å². The van der Waals surface area contributed by atoms with Crippen LogP contribution in [-0.2, 0) is 10.0 Å². The average molecular weight is 285 g/mol. The third-order valence-corrected chi connectivity index (χ3v) is 4.62. The van der Waals surface area contributed by atoms with E-state index < -0.39 is 10.0 Å². The number of hydrogen-bond acceptors (Lipinski definition) is 3. The molecule has 0 bridgehead atoms. The summed E-state index contributed by atoms with van der Waals surface area (Å²) in [6.07, 6.45) is 3.44. The van der Waals surface area contributed by atoms with E-state index in [0.717, 1.165) is 36.8 Å². The van der Waals surface area contributed by atoms with E-state index in [1.807, 2.05) is 19.9 Å². The first kappa shape index (κ1) is 16.1. The standard InChI is InChI=1S/C14H23NO3S/c1-12-7-8-14(11-13(12)2)19(17,18)15-9-5-3-4-6-10-16/h7-8,11,15-16H,3-6,9-10H2,1-2H3. The largest absolute Gasteiger partial charge is 0.396 e. The Bertz CT molecular complexity index is 497. The smallest absolute Gasteiger partial charge is 0.240 e. The van der Waals surface area contributed by atoms with Gasteiger partial charge in [0.15, 0.2) is 0 Å². The highest BCUT2D eigenvalue weighted by Gasteiger charge is 2.13. The second-order valence-electron chi connectivity index (χ2n) is 4.78. The summed E-state index contributed by atoms with van der Waals surface area (Å²) in [6.45, 7) is 4.51. The van der Waals surface area contributed by atoms with Gasteiger partial charge in [0.25, 0.3) is 0 Å². The predicted molar refractivity (Wildman–Crippen MR) is 76.7 cm³/mol. The Morgan fingerprint density at radius 1 is 1.05 bits per heavy atom. The number of hydrogen-bond donors (Lipinski definition) is 2. The van der Waals surface area contributed by atoms with E-state index in [1.165, 1.54) is 0 Å². The van der Waals surface area contributed by atoms with Crippen molar-refractivity contribution in [2.45, 2.75) is 44.4 Å². The van der Waals surface area contributed by atoms with Crippen molar-refractivity contribution >= 4 is 10.0 Å². The number of aliphatic hydroxyl groups is 1. The third kappa shape index (κ3) is 5.30. The first-order valence-corrected chi connectivity index (χ1v) is 8.13. The molecule has 1 aromatic rings. The van der Waals surface area contributed by atoms with Crippen molar-refractivity contribution in [3.05, 3.63) is 29.3 Å². The lowest BCUT2D eigenvalue weighted by atomic mass is 10.1. The van der Waals surface area contributed by atoms with Crippen LogP contribution in [0.4, 0.5) is 0 Å². The molecular weight excluding hydrogens is 262 g/mol. The monoisotopic (exact) mass is 285 g/mol. The minimum atomic E-state index is -3.39. The Morgan fingerprint density at radius 2 is 1.74 bits per heavy atom. The van der Waals surface area contributed by atoms with E-state index in [0.29, 0.717) is 11.4 Å². The summed E-state index contributed by atoms with van der Waals surface area (Å²) in [6, 6.07) is 5.16. The molecule has 0 radical (unpaired) electrons. The van der Waals surface area contributed by atoms with Crippen molar-refractivity contribution in [2.75, 3.05) is 13.2 Å². The normalized spacial score (nSPS) is 11.7. The molecule has 0 aliphatic rings. The molecule has 0 amide bonds. The maximum absolute atomic E-state index is 12.0. The second kappa shape index (κ2) is 7.62. The van der Waals surface area contributed by atoms with Crippen LogP contribution in [0.25, 0.3) is 0 Å². The van der Waals surface area contributed by atoms with Gasteiger partial charge in [0.1, 0.15) is 0 Å². The van der Waals surface area contributed by atoms with Crippen LogP contribution < -0.4 is 4.72 Å². The number of aryl methyl sites for hydroxylation is 2. The van der Waals surface area contributed by atoms with Crippen LogP contribution in [0.2, 0.25) is 0 Å². The molecule has 0 fully saturated rings. The van der Waals surface area contributed by atoms with E-state index in [1.54, 1.807) is 12.1 Å². The molecule has 0 saturated carbocycles. The van der Waals surface area contributed by atoms with Crippen LogP contribution >= 0.6 is 0 Å². The number of rotatable bonds is 8. The van der Waals surface area contributed by atoms with E-state index in [-0.39, 0.29) is 6.61 Å². The highest BCUT2D eigenvalue weighted by atomic mass is 32.2. The summed E-state index contributed by atoms with van der Waals surface area (Å²) in [5.74, 6) is 0. The van der Waals surface area contributed by atoms with E-state index >= 15 is 0 Å². The molecule has 0 aromatic heterocycles. The number of unbranched alkanes of at least 4 members (excludes halogenated alkanes) is 3. The van der Waals surface area contributed by atoms with Gasteiger partial charge < -0.3 is 5.11 Å². The van der Waals surface area contributed by atoms with Gasteiger partial charge in [0.2, 0.25) is 10.0 Å². The number of benzene rings is 1. The van der Waals surface area contributed by atoms with Crippen LogP contribution in [0.5, 0.6) is 0 Å². The average Bonchev–Trinajstić information content (AvgIpc) is 2.36. The summed E-state index contributed by atoms with van der Waals surface area (Å²) in [7, 11) is -3.39. The fourth-order valence-corrected chi connectivity index (χ4v) is 2.92. The van der Waals surface area contributed by atoms with Gasteiger partial charge in [-0.05, 0) is 49.9 Å². The highest BCUT2D eigenvalue weighted by Crippen LogP contribution is 2.14. The fourth-order valence-electron chi connectivity index (χ4n) is 1.76. The lowest BCUT2D eigenvalue weighted by Crippen LogP contribution is -2.24. The van der Waals surface area contributed by atoms with Crippen molar-refractivity contribution in [1.29, 1.82) is 0 Å². The van der Waals surface area contributed by atoms with Gasteiger partial charge in [-0.1, -0.05) is 18.9 Å². The lowest BCUT2D eigenvalue weighted by molar-refractivity contribution is 0.282. The van der Waals surface area contributed by atoms with Gasteiger partial charge in [-0.15, -0.1) is 0 Å². The SMILES string of the molecule is Cc1ccc(S(=O)(=O)NCCCCCCO)cc1C. The Hall–Kier alpha value is -0.910. The maximum atomic E-state index is 12.0. The molecule has 0 aliphatic heterocycles. The minimum Gasteiger partial charge on any atom is -0.396 e. The summed E-state index contributed by atoms with van der Waals surface area (Å²) >= 11 is 0. The zero-order chi connectivity index (χ0) is 14.3. The topological polar surface area (TPSA) is 66.4 Å². The molecule has 2 N–H and O–H groups in total. The van der Waals surface area contributed by atoms with Crippen molar-refractivity contribution < 1.29 is 13.5 Å². The predicted octanol–water partition coefficient (Wildman–Crippen LogP) is 2.13. The number of aliphatic hydroxyl groups excluding tert-OH is 1. The molecular formula is C14H23NO3S. The molecule has 1 aromatic carbocycles. The highest BCUT2D eigenvalue weighted by molar-refractivity contribution is 7.89. The third-order valence-electron chi connectivity index (χ3n) is 3.17. The summed E-state index contributed by atoms with van der Waals surface area (Å²) in [5.41, 5.74) is 2.06. The lowest BCUT2D eigenvalue weighted by Gasteiger charge is -2.08. The Labute approximate surface area is 115 Å².